The minimum atomic E-state index is -1.33. The number of aliphatic hydroxyl groups is 1. The van der Waals surface area contributed by atoms with Gasteiger partial charge in [-0.25, -0.2) is 0 Å². The van der Waals surface area contributed by atoms with Gasteiger partial charge in [-0.3, -0.25) is 4.21 Å². The van der Waals surface area contributed by atoms with Crippen molar-refractivity contribution in [2.24, 2.45) is 0 Å². The summed E-state index contributed by atoms with van der Waals surface area (Å²) < 4.78 is 11.3. The molecule has 1 fully saturated rings. The van der Waals surface area contributed by atoms with Crippen molar-refractivity contribution in [3.05, 3.63) is 30.3 Å². The zero-order valence-electron chi connectivity index (χ0n) is 8.23. The monoisotopic (exact) mass is 244 g/mol. The minimum absolute atomic E-state index is 0.653. The molecule has 1 aliphatic carbocycles. The molecule has 0 amide bonds. The number of hydrogen-bond donors (Lipinski definition) is 1. The molecule has 2 unspecified atom stereocenters. The molecule has 2 nitrogen and oxygen atoms in total. The third-order valence-electron chi connectivity index (χ3n) is 2.81. The molecule has 1 N–H and O–H groups in total. The molecule has 1 aliphatic rings. The Hall–Kier alpha value is -0.380. The molecule has 0 heterocycles. The highest BCUT2D eigenvalue weighted by molar-refractivity contribution is 7.87. The molecule has 1 saturated carbocycles. The van der Waals surface area contributed by atoms with Gasteiger partial charge in [0, 0.05) is 4.90 Å². The number of hydrogen-bond acceptors (Lipinski definition) is 2. The smallest absolute Gasteiger partial charge is 0.142 e. The second-order valence-electron chi connectivity index (χ2n) is 3.88. The molecule has 2 rings (SSSR count). The van der Waals surface area contributed by atoms with Crippen LogP contribution in [-0.4, -0.2) is 19.6 Å². The van der Waals surface area contributed by atoms with Crippen LogP contribution in [0.3, 0.4) is 0 Å². The van der Waals surface area contributed by atoms with Crippen LogP contribution in [0.25, 0.3) is 0 Å². The Labute approximate surface area is 96.7 Å². The predicted octanol–water partition coefficient (Wildman–Crippen LogP) is 2.27. The Morgan fingerprint density at radius 3 is 2.40 bits per heavy atom. The summed E-state index contributed by atoms with van der Waals surface area (Å²) in [5.41, 5.74) is -0.928. The number of alkyl halides is 1. The molecule has 2 atom stereocenters. The maximum absolute atomic E-state index is 12.0. The highest BCUT2D eigenvalue weighted by atomic mass is 35.5. The summed E-state index contributed by atoms with van der Waals surface area (Å²) in [7, 11) is -1.33. The Morgan fingerprint density at radius 2 is 1.93 bits per heavy atom. The Bertz CT molecular complexity index is 362. The van der Waals surface area contributed by atoms with E-state index in [1.807, 2.05) is 18.2 Å². The van der Waals surface area contributed by atoms with Crippen molar-refractivity contribution in [3.63, 3.8) is 0 Å². The first-order valence-corrected chi connectivity index (χ1v) is 6.60. The first-order valence-electron chi connectivity index (χ1n) is 4.95. The molecule has 1 aromatic rings. The second kappa shape index (κ2) is 4.24. The molecular formula is C11H13ClO2S. The van der Waals surface area contributed by atoms with Crippen LogP contribution >= 0.6 is 11.6 Å². The van der Waals surface area contributed by atoms with Crippen LogP contribution < -0.4 is 0 Å². The van der Waals surface area contributed by atoms with E-state index in [9.17, 15) is 9.32 Å². The van der Waals surface area contributed by atoms with Gasteiger partial charge in [-0.15, -0.1) is 11.6 Å². The largest absolute Gasteiger partial charge is 0.387 e. The number of halogens is 1. The van der Waals surface area contributed by atoms with Gasteiger partial charge < -0.3 is 5.11 Å². The van der Waals surface area contributed by atoms with E-state index in [4.69, 9.17) is 11.6 Å². The molecule has 0 saturated heterocycles. The van der Waals surface area contributed by atoms with Gasteiger partial charge in [-0.1, -0.05) is 18.2 Å². The molecular weight excluding hydrogens is 232 g/mol. The second-order valence-corrected chi connectivity index (χ2v) is 6.12. The molecule has 15 heavy (non-hydrogen) atoms. The fourth-order valence-corrected chi connectivity index (χ4v) is 3.46. The molecule has 4 heteroatoms. The Kier molecular flexibility index (Phi) is 3.14. The summed E-state index contributed by atoms with van der Waals surface area (Å²) in [6.07, 6.45) is 2.27. The average Bonchev–Trinajstić information content (AvgIpc) is 2.25. The maximum Gasteiger partial charge on any atom is 0.142 e. The highest BCUT2D eigenvalue weighted by Gasteiger charge is 2.44. The van der Waals surface area contributed by atoms with Crippen molar-refractivity contribution in [2.45, 2.75) is 34.5 Å². The first kappa shape index (κ1) is 11.1. The van der Waals surface area contributed by atoms with Crippen molar-refractivity contribution in [3.8, 4) is 0 Å². The molecule has 0 aliphatic heterocycles. The summed E-state index contributed by atoms with van der Waals surface area (Å²) >= 11 is 6.06. The van der Waals surface area contributed by atoms with Gasteiger partial charge in [0.25, 0.3) is 0 Å². The Morgan fingerprint density at radius 1 is 1.33 bits per heavy atom. The van der Waals surface area contributed by atoms with Crippen molar-refractivity contribution < 1.29 is 9.32 Å². The molecule has 0 aromatic heterocycles. The van der Waals surface area contributed by atoms with E-state index in [1.165, 1.54) is 0 Å². The van der Waals surface area contributed by atoms with Gasteiger partial charge in [0.1, 0.15) is 4.71 Å². The van der Waals surface area contributed by atoms with E-state index in [0.29, 0.717) is 17.7 Å². The lowest BCUT2D eigenvalue weighted by atomic mass is 9.82. The van der Waals surface area contributed by atoms with Crippen molar-refractivity contribution in [1.82, 2.24) is 0 Å². The third-order valence-corrected chi connectivity index (χ3v) is 5.25. The highest BCUT2D eigenvalue weighted by Crippen LogP contribution is 2.39. The van der Waals surface area contributed by atoms with Gasteiger partial charge in [0.15, 0.2) is 0 Å². The van der Waals surface area contributed by atoms with E-state index < -0.39 is 21.1 Å². The van der Waals surface area contributed by atoms with Gasteiger partial charge in [-0.2, -0.15) is 0 Å². The summed E-state index contributed by atoms with van der Waals surface area (Å²) in [4.78, 5) is 0.679. The van der Waals surface area contributed by atoms with Crippen LogP contribution in [-0.2, 0) is 10.8 Å². The Balaban J connectivity index is 2.15. The van der Waals surface area contributed by atoms with Crippen molar-refractivity contribution in [1.29, 1.82) is 0 Å². The standard InChI is InChI=1S/C11H13ClO2S/c12-10(11(13)7-4-8-11)15(14)9-5-2-1-3-6-9/h1-3,5-6,10,13H,4,7-8H2. The van der Waals surface area contributed by atoms with Crippen LogP contribution in [0.1, 0.15) is 19.3 Å². The minimum Gasteiger partial charge on any atom is -0.387 e. The molecule has 0 bridgehead atoms. The fourth-order valence-electron chi connectivity index (χ4n) is 1.64. The molecule has 82 valence electrons. The normalized spacial score (nSPS) is 22.8. The SMILES string of the molecule is O=S(c1ccccc1)C(Cl)C1(O)CCC1. The summed E-state index contributed by atoms with van der Waals surface area (Å²) in [5.74, 6) is 0. The number of benzene rings is 1. The third kappa shape index (κ3) is 2.10. The van der Waals surface area contributed by atoms with E-state index in [1.54, 1.807) is 12.1 Å². The number of rotatable bonds is 3. The van der Waals surface area contributed by atoms with E-state index in [-0.39, 0.29) is 0 Å². The summed E-state index contributed by atoms with van der Waals surface area (Å²) in [6, 6.07) is 9.05. The zero-order chi connectivity index (χ0) is 10.9. The maximum atomic E-state index is 12.0. The summed E-state index contributed by atoms with van der Waals surface area (Å²) in [6.45, 7) is 0. The van der Waals surface area contributed by atoms with E-state index >= 15 is 0 Å². The fraction of sp³-hybridized carbons (Fsp3) is 0.455. The lowest BCUT2D eigenvalue weighted by Crippen LogP contribution is -2.47. The molecule has 0 spiro atoms. The van der Waals surface area contributed by atoms with Gasteiger partial charge in [0.2, 0.25) is 0 Å². The summed E-state index contributed by atoms with van der Waals surface area (Å²) in [5, 5.41) is 9.99. The van der Waals surface area contributed by atoms with E-state index in [2.05, 4.69) is 0 Å². The topological polar surface area (TPSA) is 37.3 Å². The average molecular weight is 245 g/mol. The van der Waals surface area contributed by atoms with Gasteiger partial charge >= 0.3 is 0 Å². The lowest BCUT2D eigenvalue weighted by Gasteiger charge is -2.39. The van der Waals surface area contributed by atoms with Crippen LogP contribution in [0, 0.1) is 0 Å². The van der Waals surface area contributed by atoms with Gasteiger partial charge in [0.05, 0.1) is 16.4 Å². The van der Waals surface area contributed by atoms with Crippen molar-refractivity contribution in [2.75, 3.05) is 0 Å². The van der Waals surface area contributed by atoms with Crippen LogP contribution in [0.2, 0.25) is 0 Å². The quantitative estimate of drug-likeness (QED) is 0.829. The lowest BCUT2D eigenvalue weighted by molar-refractivity contribution is -0.0194. The molecule has 1 aromatic carbocycles. The molecule has 0 radical (unpaired) electrons. The van der Waals surface area contributed by atoms with Crippen LogP contribution in [0.15, 0.2) is 35.2 Å². The van der Waals surface area contributed by atoms with E-state index in [0.717, 1.165) is 6.42 Å². The van der Waals surface area contributed by atoms with Crippen molar-refractivity contribution >= 4 is 22.4 Å². The van der Waals surface area contributed by atoms with Crippen LogP contribution in [0.5, 0.6) is 0 Å². The predicted molar refractivity (Wildman–Crippen MR) is 61.3 cm³/mol. The van der Waals surface area contributed by atoms with Gasteiger partial charge in [-0.05, 0) is 31.4 Å². The first-order chi connectivity index (χ1) is 7.13. The zero-order valence-corrected chi connectivity index (χ0v) is 9.80. The van der Waals surface area contributed by atoms with Crippen LogP contribution in [0.4, 0.5) is 0 Å².